The summed E-state index contributed by atoms with van der Waals surface area (Å²) in [5, 5.41) is 10.9. The largest absolute Gasteiger partial charge is 0.481 e. The number of nitrogens with zero attached hydrogens (tertiary/aromatic N) is 1. The van der Waals surface area contributed by atoms with Crippen LogP contribution in [0.15, 0.2) is 24.3 Å². The maximum atomic E-state index is 11.2. The minimum Gasteiger partial charge on any atom is -0.481 e. The van der Waals surface area contributed by atoms with Crippen molar-refractivity contribution in [3.05, 3.63) is 35.4 Å². The molecular weight excluding hydrogens is 248 g/mol. The molecule has 0 bridgehead atoms. The molecule has 0 aliphatic carbocycles. The number of hydrogen-bond acceptors (Lipinski definition) is 4. The lowest BCUT2D eigenvalue weighted by atomic mass is 10.1. The van der Waals surface area contributed by atoms with E-state index >= 15 is 0 Å². The Morgan fingerprint density at radius 2 is 1.63 bits per heavy atom. The molecule has 1 aliphatic rings. The van der Waals surface area contributed by atoms with E-state index < -0.39 is 5.97 Å². The number of carboxylic acid groups (broad SMARTS) is 1. The number of amides is 2. The topological polar surface area (TPSA) is 86.7 Å². The van der Waals surface area contributed by atoms with E-state index in [4.69, 9.17) is 5.11 Å². The highest BCUT2D eigenvalue weighted by Gasteiger charge is 2.22. The zero-order chi connectivity index (χ0) is 13.8. The van der Waals surface area contributed by atoms with Crippen molar-refractivity contribution >= 4 is 17.8 Å². The summed E-state index contributed by atoms with van der Waals surface area (Å²) in [6, 6.07) is 7.12. The molecule has 0 atom stereocenters. The number of carbonyl (C=O) groups excluding carboxylic acids is 2. The maximum Gasteiger partial charge on any atom is 0.307 e. The van der Waals surface area contributed by atoms with Crippen molar-refractivity contribution < 1.29 is 19.5 Å². The molecule has 0 aromatic heterocycles. The van der Waals surface area contributed by atoms with Gasteiger partial charge in [-0.1, -0.05) is 24.3 Å². The van der Waals surface area contributed by atoms with E-state index in [0.29, 0.717) is 6.54 Å². The molecule has 2 rings (SSSR count). The third kappa shape index (κ3) is 3.89. The number of piperazine rings is 1. The van der Waals surface area contributed by atoms with Gasteiger partial charge in [0.2, 0.25) is 11.8 Å². The van der Waals surface area contributed by atoms with Gasteiger partial charge in [-0.15, -0.1) is 0 Å². The van der Waals surface area contributed by atoms with Crippen molar-refractivity contribution in [2.24, 2.45) is 0 Å². The second kappa shape index (κ2) is 5.62. The zero-order valence-electron chi connectivity index (χ0n) is 10.3. The van der Waals surface area contributed by atoms with Crippen LogP contribution in [-0.2, 0) is 27.3 Å². The van der Waals surface area contributed by atoms with E-state index in [1.807, 2.05) is 12.1 Å². The van der Waals surface area contributed by atoms with Gasteiger partial charge in [-0.3, -0.25) is 24.6 Å². The number of carbonyl (C=O) groups is 3. The Bertz CT molecular complexity index is 494. The second-order valence-corrected chi connectivity index (χ2v) is 4.50. The fraction of sp³-hybridized carbons (Fsp3) is 0.308. The molecular formula is C13H14N2O4. The average molecular weight is 262 g/mol. The van der Waals surface area contributed by atoms with E-state index in [1.165, 1.54) is 0 Å². The summed E-state index contributed by atoms with van der Waals surface area (Å²) in [5.41, 5.74) is 1.67. The Balaban J connectivity index is 1.97. The molecule has 19 heavy (non-hydrogen) atoms. The highest BCUT2D eigenvalue weighted by Crippen LogP contribution is 2.09. The first kappa shape index (κ1) is 13.2. The van der Waals surface area contributed by atoms with Crippen LogP contribution in [0.3, 0.4) is 0 Å². The Hall–Kier alpha value is -2.21. The Morgan fingerprint density at radius 1 is 1.11 bits per heavy atom. The standard InChI is InChI=1S/C13H14N2O4/c16-11-7-15(8-12(17)14-11)6-10-3-1-9(2-4-10)5-13(18)19/h1-4H,5-8H2,(H,18,19)(H,14,16,17). The van der Waals surface area contributed by atoms with Crippen LogP contribution in [-0.4, -0.2) is 40.9 Å². The van der Waals surface area contributed by atoms with Crippen molar-refractivity contribution in [3.63, 3.8) is 0 Å². The summed E-state index contributed by atoms with van der Waals surface area (Å²) in [6.07, 6.45) is -0.00904. The van der Waals surface area contributed by atoms with E-state index in [0.717, 1.165) is 11.1 Å². The first-order valence-electron chi connectivity index (χ1n) is 5.87. The van der Waals surface area contributed by atoms with Crippen LogP contribution in [0.2, 0.25) is 0 Å². The van der Waals surface area contributed by atoms with Crippen molar-refractivity contribution in [2.75, 3.05) is 13.1 Å². The molecule has 0 unspecified atom stereocenters. The van der Waals surface area contributed by atoms with E-state index in [-0.39, 0.29) is 31.3 Å². The third-order valence-electron chi connectivity index (χ3n) is 2.80. The van der Waals surface area contributed by atoms with Gasteiger partial charge in [-0.05, 0) is 11.1 Å². The summed E-state index contributed by atoms with van der Waals surface area (Å²) in [4.78, 5) is 34.7. The van der Waals surface area contributed by atoms with Gasteiger partial charge in [0.15, 0.2) is 0 Å². The van der Waals surface area contributed by atoms with Crippen LogP contribution < -0.4 is 5.32 Å². The number of rotatable bonds is 4. The van der Waals surface area contributed by atoms with Crippen molar-refractivity contribution in [3.8, 4) is 0 Å². The van der Waals surface area contributed by atoms with Gasteiger partial charge in [-0.25, -0.2) is 0 Å². The second-order valence-electron chi connectivity index (χ2n) is 4.50. The fourth-order valence-electron chi connectivity index (χ4n) is 2.00. The number of benzene rings is 1. The minimum atomic E-state index is -0.869. The number of hydrogen-bond donors (Lipinski definition) is 2. The van der Waals surface area contributed by atoms with Gasteiger partial charge in [0, 0.05) is 6.54 Å². The minimum absolute atomic E-state index is 0.00904. The lowest BCUT2D eigenvalue weighted by Gasteiger charge is -2.25. The molecule has 0 spiro atoms. The number of aliphatic carboxylic acids is 1. The van der Waals surface area contributed by atoms with Crippen LogP contribution in [0.5, 0.6) is 0 Å². The number of imide groups is 1. The molecule has 1 saturated heterocycles. The molecule has 1 aromatic carbocycles. The van der Waals surface area contributed by atoms with E-state index in [2.05, 4.69) is 5.32 Å². The predicted molar refractivity (Wildman–Crippen MR) is 66.2 cm³/mol. The SMILES string of the molecule is O=C(O)Cc1ccc(CN2CC(=O)NC(=O)C2)cc1. The van der Waals surface area contributed by atoms with Gasteiger partial charge in [0.05, 0.1) is 19.5 Å². The summed E-state index contributed by atoms with van der Waals surface area (Å²) in [6.45, 7) is 0.887. The summed E-state index contributed by atoms with van der Waals surface area (Å²) in [5.74, 6) is -1.46. The Labute approximate surface area is 110 Å². The molecule has 2 amide bonds. The van der Waals surface area contributed by atoms with Crippen molar-refractivity contribution in [1.82, 2.24) is 10.2 Å². The molecule has 1 aromatic rings. The van der Waals surface area contributed by atoms with Gasteiger partial charge in [-0.2, -0.15) is 0 Å². The molecule has 2 N–H and O–H groups in total. The summed E-state index contributed by atoms with van der Waals surface area (Å²) >= 11 is 0. The van der Waals surface area contributed by atoms with Crippen LogP contribution in [0, 0.1) is 0 Å². The predicted octanol–water partition coefficient (Wildman–Crippen LogP) is -0.228. The van der Waals surface area contributed by atoms with Gasteiger partial charge < -0.3 is 5.11 Å². The molecule has 100 valence electrons. The Kier molecular flexibility index (Phi) is 3.91. The smallest absolute Gasteiger partial charge is 0.307 e. The monoisotopic (exact) mass is 262 g/mol. The number of carboxylic acids is 1. The van der Waals surface area contributed by atoms with Crippen LogP contribution >= 0.6 is 0 Å². The maximum absolute atomic E-state index is 11.2. The third-order valence-corrected chi connectivity index (χ3v) is 2.80. The first-order chi connectivity index (χ1) is 9.02. The van der Waals surface area contributed by atoms with Crippen molar-refractivity contribution in [1.29, 1.82) is 0 Å². The zero-order valence-corrected chi connectivity index (χ0v) is 10.3. The van der Waals surface area contributed by atoms with Crippen LogP contribution in [0.25, 0.3) is 0 Å². The number of nitrogens with one attached hydrogen (secondary N) is 1. The van der Waals surface area contributed by atoms with E-state index in [9.17, 15) is 14.4 Å². The fourth-order valence-corrected chi connectivity index (χ4v) is 2.00. The lowest BCUT2D eigenvalue weighted by molar-refractivity contribution is -0.137. The van der Waals surface area contributed by atoms with Crippen molar-refractivity contribution in [2.45, 2.75) is 13.0 Å². The van der Waals surface area contributed by atoms with Gasteiger partial charge in [0.1, 0.15) is 0 Å². The summed E-state index contributed by atoms with van der Waals surface area (Å²) < 4.78 is 0. The van der Waals surface area contributed by atoms with Crippen LogP contribution in [0.1, 0.15) is 11.1 Å². The lowest BCUT2D eigenvalue weighted by Crippen LogP contribution is -2.50. The molecule has 1 heterocycles. The normalized spacial score (nSPS) is 16.2. The van der Waals surface area contributed by atoms with Gasteiger partial charge >= 0.3 is 5.97 Å². The average Bonchev–Trinajstić information content (AvgIpc) is 2.29. The first-order valence-corrected chi connectivity index (χ1v) is 5.87. The molecule has 0 saturated carbocycles. The molecule has 0 radical (unpaired) electrons. The molecule has 1 aliphatic heterocycles. The van der Waals surface area contributed by atoms with E-state index in [1.54, 1.807) is 17.0 Å². The van der Waals surface area contributed by atoms with Crippen LogP contribution in [0.4, 0.5) is 0 Å². The van der Waals surface area contributed by atoms with Gasteiger partial charge in [0.25, 0.3) is 0 Å². The highest BCUT2D eigenvalue weighted by atomic mass is 16.4. The molecule has 1 fully saturated rings. The molecule has 6 nitrogen and oxygen atoms in total. The summed E-state index contributed by atoms with van der Waals surface area (Å²) in [7, 11) is 0. The highest BCUT2D eigenvalue weighted by molar-refractivity contribution is 5.99. The quantitative estimate of drug-likeness (QED) is 0.732. The molecule has 6 heteroatoms. The Morgan fingerprint density at radius 3 is 2.16 bits per heavy atom.